The number of hydrogen-bond donors (Lipinski definition) is 0. The molecule has 0 unspecified atom stereocenters. The Morgan fingerprint density at radius 2 is 2.00 bits per heavy atom. The van der Waals surface area contributed by atoms with Crippen LogP contribution in [0.2, 0.25) is 0 Å². The van der Waals surface area contributed by atoms with Crippen LogP contribution < -0.4 is 0 Å². The summed E-state index contributed by atoms with van der Waals surface area (Å²) in [5.41, 5.74) is 4.26. The van der Waals surface area contributed by atoms with E-state index in [4.69, 9.17) is 0 Å². The Labute approximate surface area is 73.2 Å². The molecule has 64 valence electrons. The van der Waals surface area contributed by atoms with Crippen molar-refractivity contribution in [3.63, 3.8) is 0 Å². The fourth-order valence-electron chi connectivity index (χ4n) is 2.14. The van der Waals surface area contributed by atoms with Crippen LogP contribution in [-0.2, 0) is 4.79 Å². The number of fused-ring (bicyclic) bond motifs is 1. The monoisotopic (exact) mass is 162 g/mol. The molecule has 0 heterocycles. The van der Waals surface area contributed by atoms with Crippen LogP contribution in [-0.4, -0.2) is 5.78 Å². The van der Waals surface area contributed by atoms with Crippen molar-refractivity contribution in [2.45, 2.75) is 39.0 Å². The molecule has 0 amide bonds. The number of carbonyl (C=O) groups is 1. The Hall–Kier alpha value is -0.850. The van der Waals surface area contributed by atoms with Crippen molar-refractivity contribution in [1.29, 1.82) is 0 Å². The van der Waals surface area contributed by atoms with Crippen molar-refractivity contribution in [2.24, 2.45) is 0 Å². The van der Waals surface area contributed by atoms with Gasteiger partial charge in [0.25, 0.3) is 0 Å². The van der Waals surface area contributed by atoms with E-state index < -0.39 is 0 Å². The fraction of sp³-hybridized carbons (Fsp3) is 0.545. The Morgan fingerprint density at radius 1 is 1.17 bits per heavy atom. The minimum absolute atomic E-state index is 0.321. The first-order valence-corrected chi connectivity index (χ1v) is 4.70. The third kappa shape index (κ3) is 1.24. The minimum Gasteiger partial charge on any atom is -0.295 e. The second-order valence-electron chi connectivity index (χ2n) is 3.75. The van der Waals surface area contributed by atoms with Crippen molar-refractivity contribution < 1.29 is 4.79 Å². The zero-order chi connectivity index (χ0) is 8.55. The lowest BCUT2D eigenvalue weighted by atomic mass is 10.0. The van der Waals surface area contributed by atoms with Crippen molar-refractivity contribution in [3.8, 4) is 0 Å². The molecule has 0 radical (unpaired) electrons. The van der Waals surface area contributed by atoms with E-state index in [-0.39, 0.29) is 0 Å². The molecule has 0 aromatic rings. The summed E-state index contributed by atoms with van der Waals surface area (Å²) in [7, 11) is 0. The van der Waals surface area contributed by atoms with E-state index >= 15 is 0 Å². The van der Waals surface area contributed by atoms with E-state index in [2.05, 4.69) is 6.92 Å². The molecule has 1 heteroatoms. The molecule has 0 spiro atoms. The van der Waals surface area contributed by atoms with Gasteiger partial charge in [0, 0.05) is 6.42 Å². The number of allylic oxidation sites excluding steroid dienone is 4. The molecule has 0 aliphatic heterocycles. The molecule has 12 heavy (non-hydrogen) atoms. The van der Waals surface area contributed by atoms with E-state index in [1.807, 2.05) is 6.08 Å². The van der Waals surface area contributed by atoms with Crippen LogP contribution in [0.25, 0.3) is 0 Å². The van der Waals surface area contributed by atoms with Crippen LogP contribution >= 0.6 is 0 Å². The van der Waals surface area contributed by atoms with Gasteiger partial charge in [-0.2, -0.15) is 0 Å². The molecule has 0 aromatic heterocycles. The summed E-state index contributed by atoms with van der Waals surface area (Å²) in [6.07, 6.45) is 7.14. The van der Waals surface area contributed by atoms with Crippen LogP contribution in [0.3, 0.4) is 0 Å². The zero-order valence-corrected chi connectivity index (χ0v) is 7.52. The Kier molecular flexibility index (Phi) is 1.87. The maximum Gasteiger partial charge on any atom is 0.156 e. The van der Waals surface area contributed by atoms with Crippen LogP contribution in [0.5, 0.6) is 0 Å². The highest BCUT2D eigenvalue weighted by Crippen LogP contribution is 2.35. The molecule has 0 aromatic carbocycles. The molecule has 1 nitrogen and oxygen atoms in total. The molecular formula is C11H14O. The summed E-state index contributed by atoms with van der Waals surface area (Å²) < 4.78 is 0. The van der Waals surface area contributed by atoms with Gasteiger partial charge in [-0.1, -0.05) is 5.57 Å². The van der Waals surface area contributed by atoms with Crippen molar-refractivity contribution in [1.82, 2.24) is 0 Å². The van der Waals surface area contributed by atoms with E-state index in [0.717, 1.165) is 19.3 Å². The minimum atomic E-state index is 0.321. The molecule has 0 saturated heterocycles. The summed E-state index contributed by atoms with van der Waals surface area (Å²) in [4.78, 5) is 11.3. The van der Waals surface area contributed by atoms with Gasteiger partial charge in [0.2, 0.25) is 0 Å². The van der Waals surface area contributed by atoms with Gasteiger partial charge in [0.1, 0.15) is 0 Å². The van der Waals surface area contributed by atoms with Gasteiger partial charge in [-0.25, -0.2) is 0 Å². The summed E-state index contributed by atoms with van der Waals surface area (Å²) >= 11 is 0. The Bertz CT molecular complexity index is 281. The second-order valence-corrected chi connectivity index (χ2v) is 3.75. The van der Waals surface area contributed by atoms with E-state index in [1.54, 1.807) is 0 Å². The van der Waals surface area contributed by atoms with Gasteiger partial charge in [0.15, 0.2) is 5.78 Å². The smallest absolute Gasteiger partial charge is 0.156 e. The molecule has 1 saturated carbocycles. The van der Waals surface area contributed by atoms with E-state index in [1.165, 1.54) is 29.6 Å². The van der Waals surface area contributed by atoms with Gasteiger partial charge in [-0.05, 0) is 49.8 Å². The van der Waals surface area contributed by atoms with E-state index in [0.29, 0.717) is 5.78 Å². The van der Waals surface area contributed by atoms with Gasteiger partial charge in [-0.3, -0.25) is 4.79 Å². The van der Waals surface area contributed by atoms with Gasteiger partial charge in [-0.15, -0.1) is 0 Å². The Balaban J connectivity index is 2.40. The summed E-state index contributed by atoms with van der Waals surface area (Å²) in [5, 5.41) is 0. The van der Waals surface area contributed by atoms with Crippen LogP contribution in [0.15, 0.2) is 22.8 Å². The fourth-order valence-corrected chi connectivity index (χ4v) is 2.14. The Morgan fingerprint density at radius 3 is 2.83 bits per heavy atom. The SMILES string of the molecule is CC1=C2CCCC2=CC(=O)CC1. The standard InChI is InChI=1S/C11H14O/c1-8-5-6-10(12)7-9-3-2-4-11(8)9/h7H,2-6H2,1H3. The summed E-state index contributed by atoms with van der Waals surface area (Å²) in [6.45, 7) is 2.17. The number of ketones is 1. The molecule has 2 aliphatic carbocycles. The lowest BCUT2D eigenvalue weighted by molar-refractivity contribution is -0.114. The molecule has 0 atom stereocenters. The third-order valence-corrected chi connectivity index (χ3v) is 2.86. The molecule has 1 fully saturated rings. The largest absolute Gasteiger partial charge is 0.295 e. The van der Waals surface area contributed by atoms with Crippen molar-refractivity contribution >= 4 is 5.78 Å². The van der Waals surface area contributed by atoms with Crippen LogP contribution in [0.4, 0.5) is 0 Å². The number of carbonyl (C=O) groups excluding carboxylic acids is 1. The highest BCUT2D eigenvalue weighted by Gasteiger charge is 2.19. The highest BCUT2D eigenvalue weighted by atomic mass is 16.1. The third-order valence-electron chi connectivity index (χ3n) is 2.86. The normalized spacial score (nSPS) is 23.8. The highest BCUT2D eigenvalue weighted by molar-refractivity contribution is 5.92. The maximum atomic E-state index is 11.3. The molecule has 0 bridgehead atoms. The van der Waals surface area contributed by atoms with Crippen LogP contribution in [0, 0.1) is 0 Å². The quantitative estimate of drug-likeness (QED) is 0.535. The lowest BCUT2D eigenvalue weighted by Gasteiger charge is -2.02. The van der Waals surface area contributed by atoms with Gasteiger partial charge in [0.05, 0.1) is 0 Å². The predicted octanol–water partition coefficient (Wildman–Crippen LogP) is 2.78. The van der Waals surface area contributed by atoms with Crippen molar-refractivity contribution in [3.05, 3.63) is 22.8 Å². The van der Waals surface area contributed by atoms with Gasteiger partial charge < -0.3 is 0 Å². The first kappa shape index (κ1) is 7.78. The zero-order valence-electron chi connectivity index (χ0n) is 7.52. The first-order valence-electron chi connectivity index (χ1n) is 4.70. The predicted molar refractivity (Wildman–Crippen MR) is 48.9 cm³/mol. The molecule has 0 N–H and O–H groups in total. The summed E-state index contributed by atoms with van der Waals surface area (Å²) in [6, 6.07) is 0. The van der Waals surface area contributed by atoms with Crippen molar-refractivity contribution in [2.75, 3.05) is 0 Å². The first-order chi connectivity index (χ1) is 5.77. The average molecular weight is 162 g/mol. The molecular weight excluding hydrogens is 148 g/mol. The van der Waals surface area contributed by atoms with E-state index in [9.17, 15) is 4.79 Å². The average Bonchev–Trinajstić information content (AvgIpc) is 2.44. The maximum absolute atomic E-state index is 11.3. The molecule has 2 rings (SSSR count). The number of rotatable bonds is 0. The lowest BCUT2D eigenvalue weighted by Crippen LogP contribution is -1.90. The number of hydrogen-bond acceptors (Lipinski definition) is 1. The summed E-state index contributed by atoms with van der Waals surface area (Å²) in [5.74, 6) is 0.321. The van der Waals surface area contributed by atoms with Crippen LogP contribution in [0.1, 0.15) is 39.0 Å². The second kappa shape index (κ2) is 2.89. The topological polar surface area (TPSA) is 17.1 Å². The molecule has 2 aliphatic rings. The van der Waals surface area contributed by atoms with Gasteiger partial charge >= 0.3 is 0 Å².